The number of ether oxygens (including phenoxy) is 1. The number of pyridine rings is 1. The third-order valence-electron chi connectivity index (χ3n) is 4.86. The molecule has 1 fully saturated rings. The quantitative estimate of drug-likeness (QED) is 0.302. The largest absolute Gasteiger partial charge is 0.366 e. The molecule has 0 aliphatic carbocycles. The van der Waals surface area contributed by atoms with Gasteiger partial charge in [0, 0.05) is 31.4 Å². The van der Waals surface area contributed by atoms with Gasteiger partial charge in [0.2, 0.25) is 0 Å². The highest BCUT2D eigenvalue weighted by molar-refractivity contribution is 7.20. The first kappa shape index (κ1) is 29.1. The van der Waals surface area contributed by atoms with Crippen molar-refractivity contribution in [1.82, 2.24) is 24.3 Å². The van der Waals surface area contributed by atoms with Crippen LogP contribution in [0.15, 0.2) is 30.6 Å². The van der Waals surface area contributed by atoms with Crippen LogP contribution in [0.1, 0.15) is 61.3 Å². The molecule has 1 N–H and O–H groups in total. The highest BCUT2D eigenvalue weighted by Gasteiger charge is 2.25. The molecule has 192 valence electrons. The van der Waals surface area contributed by atoms with Crippen molar-refractivity contribution in [2.75, 3.05) is 18.4 Å². The zero-order valence-corrected chi connectivity index (χ0v) is 23.4. The molecule has 1 atom stereocenters. The van der Waals surface area contributed by atoms with Crippen LogP contribution in [0.2, 0.25) is 5.15 Å². The summed E-state index contributed by atoms with van der Waals surface area (Å²) in [4.78, 5) is 15.4. The van der Waals surface area contributed by atoms with E-state index in [1.165, 1.54) is 12.3 Å². The molecular weight excluding hydrogens is 486 g/mol. The minimum absolute atomic E-state index is 0.155. The molecule has 0 aromatic carbocycles. The topological polar surface area (TPSA) is 67.6 Å². The molecule has 0 saturated carbocycles. The number of hydrogen-bond acceptors (Lipinski definition) is 5. The fraction of sp³-hybridized carbons (Fsp3) is 0.520. The second kappa shape index (κ2) is 13.3. The molecule has 10 heteroatoms. The standard InChI is InChI=1S/C21H25ClFN6OP.2C2H6/c1-21(2,3)30-20(31)28-8-4-5-14(12-28)25-17-9-16(22)26-19(27-17)15-10-24-18-7-6-13(23)11-29(15)18;2*1-2/h6-7,9-11,14,31H,4-5,8,12H2,1-3H3,(H,25,26,27);2*1-2H3. The van der Waals surface area contributed by atoms with E-state index in [1.54, 1.807) is 22.7 Å². The number of fused-ring (bicyclic) bond motifs is 1. The summed E-state index contributed by atoms with van der Waals surface area (Å²) in [7, 11) is 3.63. The monoisotopic (exact) mass is 522 g/mol. The molecule has 4 heterocycles. The third kappa shape index (κ3) is 8.21. The van der Waals surface area contributed by atoms with E-state index < -0.39 is 0 Å². The lowest BCUT2D eigenvalue weighted by atomic mass is 10.1. The average molecular weight is 523 g/mol. The number of nitrogens with one attached hydrogen (secondary N) is 1. The Hall–Kier alpha value is -2.12. The zero-order chi connectivity index (χ0) is 26.2. The van der Waals surface area contributed by atoms with E-state index in [0.29, 0.717) is 28.1 Å². The Labute approximate surface area is 215 Å². The molecule has 0 bridgehead atoms. The zero-order valence-electron chi connectivity index (χ0n) is 21.7. The Morgan fingerprint density at radius 3 is 2.60 bits per heavy atom. The van der Waals surface area contributed by atoms with Gasteiger partial charge in [-0.2, -0.15) is 0 Å². The first-order chi connectivity index (χ1) is 16.7. The second-order valence-corrected chi connectivity index (χ2v) is 9.38. The normalized spacial score (nSPS) is 16.1. The maximum absolute atomic E-state index is 13.7. The highest BCUT2D eigenvalue weighted by Crippen LogP contribution is 2.24. The molecule has 35 heavy (non-hydrogen) atoms. The van der Waals surface area contributed by atoms with Crippen LogP contribution < -0.4 is 5.32 Å². The van der Waals surface area contributed by atoms with Gasteiger partial charge in [0.25, 0.3) is 0 Å². The highest BCUT2D eigenvalue weighted by atomic mass is 35.5. The lowest BCUT2D eigenvalue weighted by Crippen LogP contribution is -2.46. The molecule has 4 rings (SSSR count). The summed E-state index contributed by atoms with van der Waals surface area (Å²) in [5.74, 6) is 0.623. The maximum Gasteiger partial charge on any atom is 0.181 e. The Bertz CT molecular complexity index is 1120. The van der Waals surface area contributed by atoms with Crippen LogP contribution in [0.4, 0.5) is 10.2 Å². The SMILES string of the molecule is CC.CC.CC(C)(C)OC(=P)N1CCCC(Nc2cc(Cl)nc(-c3cnc4ccc(F)cn34)n2)C1. The van der Waals surface area contributed by atoms with Gasteiger partial charge in [-0.25, -0.2) is 24.2 Å². The maximum atomic E-state index is 13.7. The van der Waals surface area contributed by atoms with Crippen LogP contribution in [0.25, 0.3) is 17.2 Å². The van der Waals surface area contributed by atoms with Gasteiger partial charge < -0.3 is 10.1 Å². The van der Waals surface area contributed by atoms with E-state index in [0.717, 1.165) is 31.5 Å². The van der Waals surface area contributed by atoms with Crippen molar-refractivity contribution in [3.63, 3.8) is 0 Å². The summed E-state index contributed by atoms with van der Waals surface area (Å²) in [6, 6.07) is 4.82. The van der Waals surface area contributed by atoms with E-state index in [2.05, 4.69) is 34.0 Å². The third-order valence-corrected chi connectivity index (χ3v) is 5.47. The van der Waals surface area contributed by atoms with Crippen LogP contribution in [-0.2, 0) is 4.74 Å². The molecule has 1 saturated heterocycles. The number of piperidine rings is 1. The summed E-state index contributed by atoms with van der Waals surface area (Å²) in [6.07, 6.45) is 4.97. The molecule has 7 nitrogen and oxygen atoms in total. The van der Waals surface area contributed by atoms with Crippen LogP contribution in [0, 0.1) is 5.82 Å². The second-order valence-electron chi connectivity index (χ2n) is 8.57. The minimum Gasteiger partial charge on any atom is -0.366 e. The van der Waals surface area contributed by atoms with Crippen LogP contribution in [0.3, 0.4) is 0 Å². The van der Waals surface area contributed by atoms with E-state index in [4.69, 9.17) is 16.3 Å². The van der Waals surface area contributed by atoms with Crippen LogP contribution >= 0.6 is 20.5 Å². The smallest absolute Gasteiger partial charge is 0.181 e. The fourth-order valence-electron chi connectivity index (χ4n) is 3.57. The summed E-state index contributed by atoms with van der Waals surface area (Å²) >= 11 is 6.28. The Kier molecular flexibility index (Phi) is 11.0. The lowest BCUT2D eigenvalue weighted by Gasteiger charge is -2.35. The first-order valence-electron chi connectivity index (χ1n) is 12.1. The molecule has 1 unspecified atom stereocenters. The summed E-state index contributed by atoms with van der Waals surface area (Å²) in [5.41, 5.74) is 1.63. The van der Waals surface area contributed by atoms with Crippen molar-refractivity contribution in [3.05, 3.63) is 41.6 Å². The summed E-state index contributed by atoms with van der Waals surface area (Å²) in [5, 5.41) is 3.76. The average Bonchev–Trinajstić information content (AvgIpc) is 3.23. The Balaban J connectivity index is 0.00000103. The fourth-order valence-corrected chi connectivity index (χ4v) is 4.26. The number of aromatic nitrogens is 4. The number of nitrogens with zero attached hydrogens (tertiary/aromatic N) is 5. The summed E-state index contributed by atoms with van der Waals surface area (Å²) in [6.45, 7) is 15.7. The van der Waals surface area contributed by atoms with Gasteiger partial charge in [0.1, 0.15) is 33.7 Å². The number of imidazole rings is 1. The molecule has 3 aromatic heterocycles. The van der Waals surface area contributed by atoms with E-state index >= 15 is 0 Å². The van der Waals surface area contributed by atoms with Gasteiger partial charge >= 0.3 is 0 Å². The van der Waals surface area contributed by atoms with Crippen molar-refractivity contribution in [2.24, 2.45) is 0 Å². The molecular formula is C25H37ClFN6OP. The number of anilines is 1. The van der Waals surface area contributed by atoms with Crippen molar-refractivity contribution in [1.29, 1.82) is 0 Å². The lowest BCUT2D eigenvalue weighted by molar-refractivity contribution is 0.0887. The molecule has 3 aromatic rings. The van der Waals surface area contributed by atoms with Crippen LogP contribution in [-0.4, -0.2) is 54.6 Å². The first-order valence-corrected chi connectivity index (χ1v) is 13.0. The number of halogens is 2. The van der Waals surface area contributed by atoms with Crippen molar-refractivity contribution in [2.45, 2.75) is 73.0 Å². The van der Waals surface area contributed by atoms with E-state index in [-0.39, 0.29) is 17.5 Å². The minimum atomic E-state index is -0.367. The van der Waals surface area contributed by atoms with Gasteiger partial charge in [-0.1, -0.05) is 48.2 Å². The number of hydrogen-bond donors (Lipinski definition) is 1. The Morgan fingerprint density at radius 1 is 1.20 bits per heavy atom. The van der Waals surface area contributed by atoms with Gasteiger partial charge in [0.15, 0.2) is 5.82 Å². The van der Waals surface area contributed by atoms with E-state index in [1.807, 2.05) is 48.5 Å². The van der Waals surface area contributed by atoms with Crippen molar-refractivity contribution < 1.29 is 9.13 Å². The van der Waals surface area contributed by atoms with Gasteiger partial charge in [-0.05, 0) is 45.7 Å². The number of likely N-dealkylation sites (tertiary alicyclic amines) is 1. The van der Waals surface area contributed by atoms with Crippen LogP contribution in [0.5, 0.6) is 0 Å². The predicted octanol–water partition coefficient (Wildman–Crippen LogP) is 6.56. The molecule has 0 amide bonds. The number of rotatable bonds is 5. The van der Waals surface area contributed by atoms with E-state index in [9.17, 15) is 4.39 Å². The van der Waals surface area contributed by atoms with Gasteiger partial charge in [0.05, 0.1) is 11.8 Å². The predicted molar refractivity (Wildman–Crippen MR) is 146 cm³/mol. The molecule has 0 radical (unpaired) electrons. The summed E-state index contributed by atoms with van der Waals surface area (Å²) < 4.78 is 21.3. The Morgan fingerprint density at radius 2 is 1.91 bits per heavy atom. The van der Waals surface area contributed by atoms with Gasteiger partial charge in [-0.3, -0.25) is 4.40 Å². The van der Waals surface area contributed by atoms with Crippen molar-refractivity contribution >= 4 is 37.5 Å². The van der Waals surface area contributed by atoms with Crippen molar-refractivity contribution in [3.8, 4) is 11.5 Å². The molecule has 1 aliphatic heterocycles. The van der Waals surface area contributed by atoms with Gasteiger partial charge in [-0.15, -0.1) is 0 Å². The molecule has 1 aliphatic rings. The molecule has 0 spiro atoms.